The van der Waals surface area contributed by atoms with Gasteiger partial charge in [0.1, 0.15) is 11.6 Å². The molecule has 0 bridgehead atoms. The summed E-state index contributed by atoms with van der Waals surface area (Å²) in [6.07, 6.45) is 3.34. The first-order chi connectivity index (χ1) is 16.6. The monoisotopic (exact) mass is 492 g/mol. The number of hydrogen-bond donors (Lipinski definition) is 1. The number of anilines is 1. The average molecular weight is 493 g/mol. The third kappa shape index (κ3) is 5.67. The van der Waals surface area contributed by atoms with Gasteiger partial charge in [0.05, 0.1) is 24.3 Å². The second kappa shape index (κ2) is 10.1. The standard InChI is InChI=1S/C26H32N6O2S/c1-17(2)32-22(13-14-27-32)28-24(33)18(3)35-25-30-29-23(31(25)16-21-8-7-15-34-21)19-9-11-20(12-10-19)26(4,5)6/h7-15,17-18H,16H2,1-6H3,(H,28,33). The summed E-state index contributed by atoms with van der Waals surface area (Å²) in [7, 11) is 0. The van der Waals surface area contributed by atoms with Crippen molar-refractivity contribution in [3.05, 3.63) is 66.2 Å². The lowest BCUT2D eigenvalue weighted by Gasteiger charge is -2.19. The number of benzene rings is 1. The van der Waals surface area contributed by atoms with E-state index in [1.165, 1.54) is 17.3 Å². The Hall–Kier alpha value is -3.33. The molecule has 184 valence electrons. The highest BCUT2D eigenvalue weighted by atomic mass is 32.2. The second-order valence-electron chi connectivity index (χ2n) is 9.80. The number of rotatable bonds is 8. The zero-order valence-electron chi connectivity index (χ0n) is 21.0. The van der Waals surface area contributed by atoms with Crippen molar-refractivity contribution in [1.82, 2.24) is 24.5 Å². The van der Waals surface area contributed by atoms with Crippen LogP contribution in [-0.2, 0) is 16.8 Å². The van der Waals surface area contributed by atoms with E-state index >= 15 is 0 Å². The minimum Gasteiger partial charge on any atom is -0.467 e. The first kappa shape index (κ1) is 24.8. The molecule has 35 heavy (non-hydrogen) atoms. The number of furan rings is 1. The molecule has 0 aliphatic heterocycles. The Kier molecular flexibility index (Phi) is 7.16. The largest absolute Gasteiger partial charge is 0.467 e. The normalized spacial score (nSPS) is 12.8. The molecule has 3 heterocycles. The lowest BCUT2D eigenvalue weighted by atomic mass is 9.87. The maximum Gasteiger partial charge on any atom is 0.238 e. The van der Waals surface area contributed by atoms with Crippen LogP contribution in [0.2, 0.25) is 0 Å². The molecule has 0 spiro atoms. The molecule has 9 heteroatoms. The van der Waals surface area contributed by atoms with Crippen molar-refractivity contribution in [2.45, 2.75) is 70.0 Å². The van der Waals surface area contributed by atoms with Crippen LogP contribution in [0.25, 0.3) is 11.4 Å². The molecule has 3 aromatic heterocycles. The average Bonchev–Trinajstić information content (AvgIpc) is 3.56. The van der Waals surface area contributed by atoms with E-state index < -0.39 is 5.25 Å². The molecule has 1 N–H and O–H groups in total. The number of thioether (sulfide) groups is 1. The SMILES string of the molecule is CC(Sc1nnc(-c2ccc(C(C)(C)C)cc2)n1Cc1ccco1)C(=O)Nc1ccnn1C(C)C. The van der Waals surface area contributed by atoms with Crippen LogP contribution < -0.4 is 5.32 Å². The number of hydrogen-bond acceptors (Lipinski definition) is 6. The number of nitrogens with zero attached hydrogens (tertiary/aromatic N) is 5. The molecule has 4 aromatic rings. The zero-order chi connectivity index (χ0) is 25.2. The maximum absolute atomic E-state index is 13.0. The van der Waals surface area contributed by atoms with Crippen LogP contribution in [0.4, 0.5) is 5.82 Å². The van der Waals surface area contributed by atoms with Gasteiger partial charge < -0.3 is 9.73 Å². The molecule has 1 aromatic carbocycles. The summed E-state index contributed by atoms with van der Waals surface area (Å²) in [5.41, 5.74) is 2.27. The van der Waals surface area contributed by atoms with Gasteiger partial charge in [0.15, 0.2) is 11.0 Å². The van der Waals surface area contributed by atoms with Crippen LogP contribution in [0.15, 0.2) is 64.5 Å². The first-order valence-electron chi connectivity index (χ1n) is 11.7. The molecular weight excluding hydrogens is 460 g/mol. The van der Waals surface area contributed by atoms with Crippen LogP contribution in [0.1, 0.15) is 58.9 Å². The number of amides is 1. The lowest BCUT2D eigenvalue weighted by Crippen LogP contribution is -2.25. The Morgan fingerprint density at radius 2 is 1.83 bits per heavy atom. The number of carbonyl (C=O) groups is 1. The van der Waals surface area contributed by atoms with Gasteiger partial charge in [-0.1, -0.05) is 56.8 Å². The van der Waals surface area contributed by atoms with Crippen LogP contribution in [0, 0.1) is 0 Å². The molecule has 0 radical (unpaired) electrons. The summed E-state index contributed by atoms with van der Waals surface area (Å²) in [5.74, 6) is 2.07. The fourth-order valence-electron chi connectivity index (χ4n) is 3.67. The molecular formula is C26H32N6O2S. The van der Waals surface area contributed by atoms with Crippen molar-refractivity contribution in [2.24, 2.45) is 0 Å². The second-order valence-corrected chi connectivity index (χ2v) is 11.1. The fraction of sp³-hybridized carbons (Fsp3) is 0.385. The smallest absolute Gasteiger partial charge is 0.238 e. The molecule has 0 saturated heterocycles. The molecule has 4 rings (SSSR count). The Bertz CT molecular complexity index is 1270. The van der Waals surface area contributed by atoms with E-state index in [-0.39, 0.29) is 17.4 Å². The highest BCUT2D eigenvalue weighted by Crippen LogP contribution is 2.30. The topological polar surface area (TPSA) is 90.8 Å². The van der Waals surface area contributed by atoms with E-state index in [1.807, 2.05) is 37.5 Å². The third-order valence-electron chi connectivity index (χ3n) is 5.68. The highest BCUT2D eigenvalue weighted by Gasteiger charge is 2.23. The van der Waals surface area contributed by atoms with Crippen molar-refractivity contribution in [2.75, 3.05) is 5.32 Å². The van der Waals surface area contributed by atoms with E-state index in [2.05, 4.69) is 65.6 Å². The molecule has 1 amide bonds. The van der Waals surface area contributed by atoms with Gasteiger partial charge >= 0.3 is 0 Å². The Morgan fingerprint density at radius 1 is 1.09 bits per heavy atom. The summed E-state index contributed by atoms with van der Waals surface area (Å²) in [5, 5.41) is 16.4. The van der Waals surface area contributed by atoms with Crippen molar-refractivity contribution in [3.8, 4) is 11.4 Å². The third-order valence-corrected chi connectivity index (χ3v) is 6.76. The van der Waals surface area contributed by atoms with Gasteiger partial charge in [0.25, 0.3) is 0 Å². The van der Waals surface area contributed by atoms with Crippen LogP contribution >= 0.6 is 11.8 Å². The minimum absolute atomic E-state index is 0.0646. The Morgan fingerprint density at radius 3 is 2.46 bits per heavy atom. The van der Waals surface area contributed by atoms with E-state index in [9.17, 15) is 4.79 Å². The summed E-state index contributed by atoms with van der Waals surface area (Å²) < 4.78 is 9.38. The number of carbonyl (C=O) groups excluding carboxylic acids is 1. The van der Waals surface area contributed by atoms with Gasteiger partial charge in [-0.2, -0.15) is 5.10 Å². The molecule has 0 saturated carbocycles. The van der Waals surface area contributed by atoms with Crippen molar-refractivity contribution >= 4 is 23.5 Å². The number of aromatic nitrogens is 5. The van der Waals surface area contributed by atoms with E-state index in [0.29, 0.717) is 17.5 Å². The quantitative estimate of drug-likeness (QED) is 0.314. The first-order valence-corrected chi connectivity index (χ1v) is 12.6. The van der Waals surface area contributed by atoms with Crippen molar-refractivity contribution < 1.29 is 9.21 Å². The molecule has 1 atom stereocenters. The Labute approximate surface area is 210 Å². The molecule has 0 aliphatic carbocycles. The molecule has 0 aliphatic rings. The van der Waals surface area contributed by atoms with Gasteiger partial charge in [-0.3, -0.25) is 9.36 Å². The lowest BCUT2D eigenvalue weighted by molar-refractivity contribution is -0.115. The van der Waals surface area contributed by atoms with E-state index in [1.54, 1.807) is 23.2 Å². The van der Waals surface area contributed by atoms with Crippen LogP contribution in [-0.4, -0.2) is 35.7 Å². The summed E-state index contributed by atoms with van der Waals surface area (Å²) >= 11 is 1.37. The van der Waals surface area contributed by atoms with Gasteiger partial charge in [-0.05, 0) is 43.9 Å². The van der Waals surface area contributed by atoms with Gasteiger partial charge in [-0.15, -0.1) is 10.2 Å². The highest BCUT2D eigenvalue weighted by molar-refractivity contribution is 8.00. The predicted octanol–water partition coefficient (Wildman–Crippen LogP) is 5.78. The van der Waals surface area contributed by atoms with Crippen LogP contribution in [0.5, 0.6) is 0 Å². The summed E-state index contributed by atoms with van der Waals surface area (Å²) in [4.78, 5) is 13.0. The molecule has 0 fully saturated rings. The minimum atomic E-state index is -0.402. The van der Waals surface area contributed by atoms with Crippen LogP contribution in [0.3, 0.4) is 0 Å². The zero-order valence-corrected chi connectivity index (χ0v) is 21.8. The molecule has 1 unspecified atom stereocenters. The van der Waals surface area contributed by atoms with Gasteiger partial charge in [-0.25, -0.2) is 4.68 Å². The Balaban J connectivity index is 1.59. The fourth-order valence-corrected chi connectivity index (χ4v) is 4.52. The molecule has 8 nitrogen and oxygen atoms in total. The summed E-state index contributed by atoms with van der Waals surface area (Å²) in [6, 6.07) is 14.1. The number of nitrogens with one attached hydrogen (secondary N) is 1. The predicted molar refractivity (Wildman–Crippen MR) is 139 cm³/mol. The van der Waals surface area contributed by atoms with Gasteiger partial charge in [0.2, 0.25) is 5.91 Å². The van der Waals surface area contributed by atoms with Crippen molar-refractivity contribution in [1.29, 1.82) is 0 Å². The van der Waals surface area contributed by atoms with Gasteiger partial charge in [0, 0.05) is 17.7 Å². The van der Waals surface area contributed by atoms with Crippen molar-refractivity contribution in [3.63, 3.8) is 0 Å². The maximum atomic E-state index is 13.0. The summed E-state index contributed by atoms with van der Waals surface area (Å²) in [6.45, 7) is 12.9. The van der Waals surface area contributed by atoms with E-state index in [0.717, 1.165) is 17.1 Å². The van der Waals surface area contributed by atoms with E-state index in [4.69, 9.17) is 4.42 Å².